The summed E-state index contributed by atoms with van der Waals surface area (Å²) < 4.78 is 5.62. The van der Waals surface area contributed by atoms with Crippen molar-refractivity contribution in [1.29, 1.82) is 0 Å². The zero-order valence-corrected chi connectivity index (χ0v) is 18.4. The molecular formula is C26H28N2O3. The normalized spacial score (nSPS) is 15.4. The minimum absolute atomic E-state index is 0.0330. The Labute approximate surface area is 183 Å². The fourth-order valence-corrected chi connectivity index (χ4v) is 4.03. The molecule has 1 aliphatic rings. The molecule has 5 heteroatoms. The van der Waals surface area contributed by atoms with Crippen LogP contribution in [0.4, 0.5) is 11.4 Å². The number of carbonyl (C=O) groups is 1. The van der Waals surface area contributed by atoms with E-state index in [2.05, 4.69) is 55.2 Å². The van der Waals surface area contributed by atoms with Crippen LogP contribution in [0.3, 0.4) is 0 Å². The summed E-state index contributed by atoms with van der Waals surface area (Å²) in [4.78, 5) is 18.3. The van der Waals surface area contributed by atoms with Gasteiger partial charge in [-0.15, -0.1) is 0 Å². The molecule has 1 unspecified atom stereocenters. The van der Waals surface area contributed by atoms with E-state index in [1.807, 2.05) is 30.9 Å². The molecule has 160 valence electrons. The van der Waals surface area contributed by atoms with Crippen LogP contribution in [0.15, 0.2) is 60.8 Å². The molecule has 0 bridgehead atoms. The van der Waals surface area contributed by atoms with Crippen LogP contribution in [-0.2, 0) is 11.2 Å². The molecule has 3 aromatic rings. The molecule has 31 heavy (non-hydrogen) atoms. The van der Waals surface area contributed by atoms with Gasteiger partial charge in [-0.25, -0.2) is 9.78 Å². The van der Waals surface area contributed by atoms with E-state index < -0.39 is 12.0 Å². The number of carboxylic acid groups (broad SMARTS) is 1. The Morgan fingerprint density at radius 1 is 1.03 bits per heavy atom. The van der Waals surface area contributed by atoms with Crippen molar-refractivity contribution in [2.45, 2.75) is 52.2 Å². The molecule has 0 aliphatic carbocycles. The summed E-state index contributed by atoms with van der Waals surface area (Å²) >= 11 is 0. The number of aliphatic carboxylic acids is 1. The summed E-state index contributed by atoms with van der Waals surface area (Å²) in [6.45, 7) is 8.25. The Hall–Kier alpha value is -3.34. The van der Waals surface area contributed by atoms with Crippen LogP contribution in [0, 0.1) is 0 Å². The van der Waals surface area contributed by atoms with Gasteiger partial charge in [0, 0.05) is 18.2 Å². The highest BCUT2D eigenvalue weighted by atomic mass is 16.5. The molecule has 0 fully saturated rings. The van der Waals surface area contributed by atoms with Crippen molar-refractivity contribution in [2.75, 3.05) is 4.90 Å². The van der Waals surface area contributed by atoms with Crippen molar-refractivity contribution in [3.05, 3.63) is 71.9 Å². The lowest BCUT2D eigenvalue weighted by Gasteiger charge is -2.24. The standard InChI is InChI=1S/C26H28N2O3/c1-16(2)18-5-7-19(8-6-18)20-9-11-23-21(13-20)14-24(26(29)30)28(23)22-10-12-25(27-15-22)31-17(3)4/h5-13,15-17,24H,14H2,1-4H3,(H,29,30). The van der Waals surface area contributed by atoms with Gasteiger partial charge in [0.1, 0.15) is 6.04 Å². The lowest BCUT2D eigenvalue weighted by molar-refractivity contribution is -0.138. The number of benzene rings is 2. The van der Waals surface area contributed by atoms with Crippen LogP contribution in [-0.4, -0.2) is 28.2 Å². The largest absolute Gasteiger partial charge is 0.480 e. The fourth-order valence-electron chi connectivity index (χ4n) is 4.03. The van der Waals surface area contributed by atoms with Gasteiger partial charge in [0.15, 0.2) is 0 Å². The molecule has 1 N–H and O–H groups in total. The molecule has 0 saturated heterocycles. The second-order valence-electron chi connectivity index (χ2n) is 8.57. The highest BCUT2D eigenvalue weighted by molar-refractivity contribution is 5.88. The third-order valence-corrected chi connectivity index (χ3v) is 5.62. The first-order valence-corrected chi connectivity index (χ1v) is 10.7. The Bertz CT molecular complexity index is 1070. The van der Waals surface area contributed by atoms with Gasteiger partial charge in [-0.1, -0.05) is 44.2 Å². The molecule has 1 aliphatic heterocycles. The average Bonchev–Trinajstić information content (AvgIpc) is 3.13. The van der Waals surface area contributed by atoms with Crippen molar-refractivity contribution in [3.63, 3.8) is 0 Å². The number of fused-ring (bicyclic) bond motifs is 1. The number of anilines is 2. The van der Waals surface area contributed by atoms with Gasteiger partial charge in [0.25, 0.3) is 0 Å². The Morgan fingerprint density at radius 2 is 1.74 bits per heavy atom. The van der Waals surface area contributed by atoms with E-state index in [0.717, 1.165) is 28.1 Å². The first kappa shape index (κ1) is 20.9. The van der Waals surface area contributed by atoms with Gasteiger partial charge in [-0.3, -0.25) is 0 Å². The maximum absolute atomic E-state index is 12.0. The van der Waals surface area contributed by atoms with Crippen molar-refractivity contribution >= 4 is 17.3 Å². The number of hydrogen-bond donors (Lipinski definition) is 1. The van der Waals surface area contributed by atoms with E-state index in [0.29, 0.717) is 18.2 Å². The number of pyridine rings is 1. The topological polar surface area (TPSA) is 62.7 Å². The van der Waals surface area contributed by atoms with Gasteiger partial charge in [-0.05, 0) is 60.2 Å². The van der Waals surface area contributed by atoms with E-state index in [-0.39, 0.29) is 6.10 Å². The molecule has 2 heterocycles. The number of rotatable bonds is 6. The molecule has 1 aromatic heterocycles. The monoisotopic (exact) mass is 416 g/mol. The van der Waals surface area contributed by atoms with Gasteiger partial charge in [0.05, 0.1) is 18.0 Å². The van der Waals surface area contributed by atoms with Crippen LogP contribution >= 0.6 is 0 Å². The fraction of sp³-hybridized carbons (Fsp3) is 0.308. The van der Waals surface area contributed by atoms with Gasteiger partial charge in [-0.2, -0.15) is 0 Å². The zero-order valence-electron chi connectivity index (χ0n) is 18.4. The van der Waals surface area contributed by atoms with E-state index in [1.54, 1.807) is 12.3 Å². The number of carboxylic acids is 1. The van der Waals surface area contributed by atoms with Crippen molar-refractivity contribution < 1.29 is 14.6 Å². The summed E-state index contributed by atoms with van der Waals surface area (Å²) in [6.07, 6.45) is 2.17. The minimum Gasteiger partial charge on any atom is -0.480 e. The number of hydrogen-bond acceptors (Lipinski definition) is 4. The lowest BCUT2D eigenvalue weighted by atomic mass is 9.97. The highest BCUT2D eigenvalue weighted by Gasteiger charge is 2.35. The third kappa shape index (κ3) is 4.26. The Kier molecular flexibility index (Phi) is 5.68. The quantitative estimate of drug-likeness (QED) is 0.550. The predicted octanol–water partition coefficient (Wildman–Crippen LogP) is 5.81. The summed E-state index contributed by atoms with van der Waals surface area (Å²) in [7, 11) is 0. The molecule has 4 rings (SSSR count). The van der Waals surface area contributed by atoms with E-state index in [9.17, 15) is 9.90 Å². The first-order chi connectivity index (χ1) is 14.8. The number of aromatic nitrogens is 1. The van der Waals surface area contributed by atoms with Crippen LogP contribution in [0.5, 0.6) is 5.88 Å². The van der Waals surface area contributed by atoms with Crippen LogP contribution in [0.2, 0.25) is 0 Å². The Balaban J connectivity index is 1.67. The maximum Gasteiger partial charge on any atom is 0.327 e. The first-order valence-electron chi connectivity index (χ1n) is 10.7. The Morgan fingerprint density at radius 3 is 2.32 bits per heavy atom. The average molecular weight is 417 g/mol. The van der Waals surface area contributed by atoms with Gasteiger partial charge in [0.2, 0.25) is 5.88 Å². The van der Waals surface area contributed by atoms with E-state index in [4.69, 9.17) is 4.74 Å². The molecule has 1 atom stereocenters. The third-order valence-electron chi connectivity index (χ3n) is 5.62. The molecule has 0 amide bonds. The van der Waals surface area contributed by atoms with Crippen LogP contribution < -0.4 is 9.64 Å². The summed E-state index contributed by atoms with van der Waals surface area (Å²) in [5, 5.41) is 9.87. The second-order valence-corrected chi connectivity index (χ2v) is 8.57. The minimum atomic E-state index is -0.846. The number of ether oxygens (including phenoxy) is 1. The number of nitrogens with zero attached hydrogens (tertiary/aromatic N) is 2. The molecule has 5 nitrogen and oxygen atoms in total. The SMILES string of the molecule is CC(C)Oc1ccc(N2c3ccc(-c4ccc(C(C)C)cc4)cc3CC2C(=O)O)cn1. The van der Waals surface area contributed by atoms with Gasteiger partial charge < -0.3 is 14.7 Å². The van der Waals surface area contributed by atoms with Crippen molar-refractivity contribution in [3.8, 4) is 17.0 Å². The van der Waals surface area contributed by atoms with Gasteiger partial charge >= 0.3 is 5.97 Å². The summed E-state index contributed by atoms with van der Waals surface area (Å²) in [5.41, 5.74) is 6.22. The predicted molar refractivity (Wildman–Crippen MR) is 123 cm³/mol. The lowest BCUT2D eigenvalue weighted by Crippen LogP contribution is -2.35. The van der Waals surface area contributed by atoms with Crippen LogP contribution in [0.1, 0.15) is 44.7 Å². The maximum atomic E-state index is 12.0. The summed E-state index contributed by atoms with van der Waals surface area (Å²) in [6, 6.07) is 17.8. The molecule has 0 radical (unpaired) electrons. The molecule has 0 saturated carbocycles. The second kappa shape index (κ2) is 8.42. The smallest absolute Gasteiger partial charge is 0.327 e. The molecular weight excluding hydrogens is 388 g/mol. The van der Waals surface area contributed by atoms with Crippen molar-refractivity contribution in [2.24, 2.45) is 0 Å². The highest BCUT2D eigenvalue weighted by Crippen LogP contribution is 2.40. The zero-order chi connectivity index (χ0) is 22.1. The molecule has 2 aromatic carbocycles. The van der Waals surface area contributed by atoms with Crippen LogP contribution in [0.25, 0.3) is 11.1 Å². The van der Waals surface area contributed by atoms with E-state index in [1.165, 1.54) is 5.56 Å². The summed E-state index contributed by atoms with van der Waals surface area (Å²) in [5.74, 6) is 0.177. The molecule has 0 spiro atoms. The van der Waals surface area contributed by atoms with Crippen molar-refractivity contribution in [1.82, 2.24) is 4.98 Å². The van der Waals surface area contributed by atoms with E-state index >= 15 is 0 Å².